The monoisotopic (exact) mass is 372 g/mol. The number of anilines is 3. The first-order chi connectivity index (χ1) is 13.0. The second kappa shape index (κ2) is 7.86. The highest BCUT2D eigenvalue weighted by Gasteiger charge is 2.16. The van der Waals surface area contributed by atoms with Crippen LogP contribution in [0.2, 0.25) is 0 Å². The smallest absolute Gasteiger partial charge is 0.275 e. The highest BCUT2D eigenvalue weighted by molar-refractivity contribution is 6.02. The lowest BCUT2D eigenvalue weighted by Gasteiger charge is -2.08. The topological polar surface area (TPSA) is 66.9 Å². The van der Waals surface area contributed by atoms with E-state index in [2.05, 4.69) is 27.5 Å². The Morgan fingerprint density at radius 1 is 0.963 bits per heavy atom. The quantitative estimate of drug-likeness (QED) is 0.650. The van der Waals surface area contributed by atoms with Gasteiger partial charge >= 0.3 is 0 Å². The van der Waals surface area contributed by atoms with Crippen LogP contribution in [0.3, 0.4) is 0 Å². The summed E-state index contributed by atoms with van der Waals surface area (Å²) < 4.78 is 39.8. The number of nitrogens with zero attached hydrogens (tertiary/aromatic N) is 2. The van der Waals surface area contributed by atoms with Crippen LogP contribution in [-0.4, -0.2) is 15.9 Å². The Balaban J connectivity index is 1.69. The van der Waals surface area contributed by atoms with Crippen molar-refractivity contribution in [3.05, 3.63) is 77.5 Å². The molecule has 3 aromatic rings. The zero-order valence-electron chi connectivity index (χ0n) is 14.3. The minimum absolute atomic E-state index is 0.106. The molecule has 0 radical (unpaired) electrons. The summed E-state index contributed by atoms with van der Waals surface area (Å²) in [5.74, 6) is -4.87. The summed E-state index contributed by atoms with van der Waals surface area (Å²) >= 11 is 0. The summed E-state index contributed by atoms with van der Waals surface area (Å²) in [6, 6.07) is 9.40. The average Bonchev–Trinajstić information content (AvgIpc) is 2.69. The minimum Gasteiger partial charge on any atom is -0.339 e. The lowest BCUT2D eigenvalue weighted by atomic mass is 10.1. The van der Waals surface area contributed by atoms with Crippen LogP contribution in [0.4, 0.5) is 30.4 Å². The summed E-state index contributed by atoms with van der Waals surface area (Å²) in [5, 5.41) is 5.17. The molecule has 0 atom stereocenters. The molecule has 0 aliphatic rings. The summed E-state index contributed by atoms with van der Waals surface area (Å²) in [5.41, 5.74) is 1.41. The van der Waals surface area contributed by atoms with Crippen LogP contribution in [0.5, 0.6) is 0 Å². The number of aryl methyl sites for hydroxylation is 1. The molecule has 3 rings (SSSR count). The fourth-order valence-corrected chi connectivity index (χ4v) is 2.29. The highest BCUT2D eigenvalue weighted by Crippen LogP contribution is 2.20. The molecule has 2 aromatic carbocycles. The Morgan fingerprint density at radius 2 is 1.70 bits per heavy atom. The van der Waals surface area contributed by atoms with Gasteiger partial charge in [-0.3, -0.25) is 4.79 Å². The van der Waals surface area contributed by atoms with Crippen molar-refractivity contribution in [3.63, 3.8) is 0 Å². The molecule has 1 aromatic heterocycles. The van der Waals surface area contributed by atoms with Gasteiger partial charge < -0.3 is 10.6 Å². The molecule has 1 heterocycles. The first-order valence-corrected chi connectivity index (χ1v) is 8.10. The van der Waals surface area contributed by atoms with Crippen LogP contribution >= 0.6 is 0 Å². The number of rotatable bonds is 5. The fraction of sp³-hybridized carbons (Fsp3) is 0.105. The Bertz CT molecular complexity index is 960. The van der Waals surface area contributed by atoms with E-state index in [4.69, 9.17) is 0 Å². The summed E-state index contributed by atoms with van der Waals surface area (Å²) in [7, 11) is 0. The third-order valence-electron chi connectivity index (χ3n) is 3.80. The first kappa shape index (κ1) is 18.4. The molecule has 1 amide bonds. The van der Waals surface area contributed by atoms with Crippen molar-refractivity contribution in [2.45, 2.75) is 13.3 Å². The third-order valence-corrected chi connectivity index (χ3v) is 3.80. The molecule has 138 valence electrons. The molecule has 0 fully saturated rings. The molecule has 0 bridgehead atoms. The van der Waals surface area contributed by atoms with Crippen molar-refractivity contribution in [2.24, 2.45) is 0 Å². The number of amides is 1. The second-order valence-corrected chi connectivity index (χ2v) is 5.64. The van der Waals surface area contributed by atoms with Crippen LogP contribution in [-0.2, 0) is 6.42 Å². The van der Waals surface area contributed by atoms with Crippen LogP contribution < -0.4 is 10.6 Å². The maximum Gasteiger partial charge on any atom is 0.275 e. The molecule has 0 saturated carbocycles. The van der Waals surface area contributed by atoms with Gasteiger partial charge in [0.2, 0.25) is 0 Å². The van der Waals surface area contributed by atoms with Gasteiger partial charge in [-0.2, -0.15) is 0 Å². The van der Waals surface area contributed by atoms with E-state index in [1.165, 1.54) is 18.0 Å². The van der Waals surface area contributed by atoms with E-state index in [1.54, 1.807) is 0 Å². The summed E-state index contributed by atoms with van der Waals surface area (Å²) in [6.07, 6.45) is 3.46. The van der Waals surface area contributed by atoms with Crippen LogP contribution in [0.1, 0.15) is 23.0 Å². The van der Waals surface area contributed by atoms with Crippen molar-refractivity contribution in [1.29, 1.82) is 0 Å². The first-order valence-electron chi connectivity index (χ1n) is 8.10. The SMILES string of the molecule is CCc1ccc(Nc2cnc(C(=O)Nc3ccc(F)c(F)c3F)cn2)cc1. The molecule has 5 nitrogen and oxygen atoms in total. The maximum atomic E-state index is 13.6. The molecular weight excluding hydrogens is 357 g/mol. The zero-order valence-corrected chi connectivity index (χ0v) is 14.3. The molecule has 8 heteroatoms. The number of aromatic nitrogens is 2. The number of halogens is 3. The molecule has 0 aliphatic heterocycles. The van der Waals surface area contributed by atoms with Crippen LogP contribution in [0.25, 0.3) is 0 Å². The van der Waals surface area contributed by atoms with Crippen molar-refractivity contribution >= 4 is 23.1 Å². The Morgan fingerprint density at radius 3 is 2.33 bits per heavy atom. The van der Waals surface area contributed by atoms with E-state index in [0.717, 1.165) is 24.2 Å². The van der Waals surface area contributed by atoms with Gasteiger partial charge in [0.1, 0.15) is 11.5 Å². The second-order valence-electron chi connectivity index (χ2n) is 5.64. The van der Waals surface area contributed by atoms with Gasteiger partial charge in [0.05, 0.1) is 18.1 Å². The van der Waals surface area contributed by atoms with E-state index in [1.807, 2.05) is 24.3 Å². The van der Waals surface area contributed by atoms with Gasteiger partial charge in [0.15, 0.2) is 17.5 Å². The molecule has 0 spiro atoms. The lowest BCUT2D eigenvalue weighted by molar-refractivity contribution is 0.102. The van der Waals surface area contributed by atoms with Crippen LogP contribution in [0, 0.1) is 17.5 Å². The molecule has 0 saturated heterocycles. The van der Waals surface area contributed by atoms with Gasteiger partial charge in [-0.25, -0.2) is 23.1 Å². The van der Waals surface area contributed by atoms with Crippen LogP contribution in [0.15, 0.2) is 48.8 Å². The predicted molar refractivity (Wildman–Crippen MR) is 95.4 cm³/mol. The number of hydrogen-bond acceptors (Lipinski definition) is 4. The predicted octanol–water partition coefficient (Wildman–Crippen LogP) is 4.45. The lowest BCUT2D eigenvalue weighted by Crippen LogP contribution is -2.16. The fourth-order valence-electron chi connectivity index (χ4n) is 2.29. The highest BCUT2D eigenvalue weighted by atomic mass is 19.2. The normalized spacial score (nSPS) is 10.5. The van der Waals surface area contributed by atoms with Crippen molar-refractivity contribution in [1.82, 2.24) is 9.97 Å². The maximum absolute atomic E-state index is 13.6. The van der Waals surface area contributed by atoms with Gasteiger partial charge in [0.25, 0.3) is 5.91 Å². The Labute approximate surface area is 153 Å². The van der Waals surface area contributed by atoms with E-state index < -0.39 is 29.0 Å². The van der Waals surface area contributed by atoms with Crippen molar-refractivity contribution < 1.29 is 18.0 Å². The zero-order chi connectivity index (χ0) is 19.4. The van der Waals surface area contributed by atoms with Crippen molar-refractivity contribution in [3.8, 4) is 0 Å². The molecule has 27 heavy (non-hydrogen) atoms. The molecule has 0 unspecified atom stereocenters. The molecule has 2 N–H and O–H groups in total. The van der Waals surface area contributed by atoms with E-state index >= 15 is 0 Å². The standard InChI is InChI=1S/C19H15F3N4O/c1-2-11-3-5-12(6-4-11)25-16-10-23-15(9-24-16)19(27)26-14-8-7-13(20)17(21)18(14)22/h3-10H,2H2,1H3,(H,24,25)(H,26,27). The minimum atomic E-state index is -1.66. The average molecular weight is 372 g/mol. The number of carbonyl (C=O) groups is 1. The number of hydrogen-bond donors (Lipinski definition) is 2. The number of benzene rings is 2. The van der Waals surface area contributed by atoms with Crippen molar-refractivity contribution in [2.75, 3.05) is 10.6 Å². The summed E-state index contributed by atoms with van der Waals surface area (Å²) in [6.45, 7) is 2.06. The van der Waals surface area contributed by atoms with Gasteiger partial charge in [-0.1, -0.05) is 19.1 Å². The van der Waals surface area contributed by atoms with E-state index in [0.29, 0.717) is 5.82 Å². The van der Waals surface area contributed by atoms with E-state index in [9.17, 15) is 18.0 Å². The summed E-state index contributed by atoms with van der Waals surface area (Å²) in [4.78, 5) is 20.1. The van der Waals surface area contributed by atoms with Gasteiger partial charge in [0, 0.05) is 5.69 Å². The Kier molecular flexibility index (Phi) is 5.35. The Hall–Kier alpha value is -3.42. The third kappa shape index (κ3) is 4.22. The van der Waals surface area contributed by atoms with E-state index in [-0.39, 0.29) is 5.69 Å². The van der Waals surface area contributed by atoms with Gasteiger partial charge in [-0.15, -0.1) is 0 Å². The molecular formula is C19H15F3N4O. The number of carbonyl (C=O) groups excluding carboxylic acids is 1. The number of nitrogens with one attached hydrogen (secondary N) is 2. The molecule has 0 aliphatic carbocycles. The van der Waals surface area contributed by atoms with Gasteiger partial charge in [-0.05, 0) is 36.2 Å². The largest absolute Gasteiger partial charge is 0.339 e.